The molecule has 0 atom stereocenters. The maximum atomic E-state index is 13.2. The van der Waals surface area contributed by atoms with Gasteiger partial charge in [-0.25, -0.2) is 0 Å². The van der Waals surface area contributed by atoms with E-state index in [1.54, 1.807) is 18.2 Å². The number of thioether (sulfide) groups is 1. The van der Waals surface area contributed by atoms with E-state index in [1.807, 2.05) is 30.3 Å². The van der Waals surface area contributed by atoms with Crippen LogP contribution in [0.3, 0.4) is 0 Å². The Kier molecular flexibility index (Phi) is 7.55. The van der Waals surface area contributed by atoms with E-state index in [1.165, 1.54) is 4.90 Å². The zero-order valence-electron chi connectivity index (χ0n) is 19.6. The summed E-state index contributed by atoms with van der Waals surface area (Å²) in [4.78, 5) is 27.5. The van der Waals surface area contributed by atoms with E-state index in [0.29, 0.717) is 28.8 Å². The Morgan fingerprint density at radius 2 is 1.86 bits per heavy atom. The maximum Gasteiger partial charge on any atom is 0.277 e. The molecule has 1 saturated carbocycles. The summed E-state index contributed by atoms with van der Waals surface area (Å²) in [5, 5.41) is 11.3. The van der Waals surface area contributed by atoms with Gasteiger partial charge in [-0.2, -0.15) is 0 Å². The fraction of sp³-hybridized carbons (Fsp3) is 0.360. The van der Waals surface area contributed by atoms with E-state index in [9.17, 15) is 9.59 Å². The first-order valence-electron chi connectivity index (χ1n) is 11.8. The molecule has 2 aliphatic rings. The molecular formula is C25H26N4O6S. The third-order valence-corrected chi connectivity index (χ3v) is 6.67. The summed E-state index contributed by atoms with van der Waals surface area (Å²) in [6.45, 7) is 0.143. The first-order valence-corrected chi connectivity index (χ1v) is 12.7. The molecule has 5 rings (SSSR count). The van der Waals surface area contributed by atoms with Gasteiger partial charge in [-0.15, -0.1) is 10.2 Å². The summed E-state index contributed by atoms with van der Waals surface area (Å²) in [5.74, 6) is 1.66. The second-order valence-electron chi connectivity index (χ2n) is 8.42. The van der Waals surface area contributed by atoms with Gasteiger partial charge >= 0.3 is 0 Å². The minimum atomic E-state index is -0.277. The van der Waals surface area contributed by atoms with Gasteiger partial charge in [-0.05, 0) is 37.1 Å². The molecule has 188 valence electrons. The minimum absolute atomic E-state index is 0.00628. The van der Waals surface area contributed by atoms with Crippen LogP contribution in [0.25, 0.3) is 0 Å². The molecule has 0 spiro atoms. The summed E-state index contributed by atoms with van der Waals surface area (Å²) in [7, 11) is 0. The number of nitrogens with one attached hydrogen (secondary N) is 1. The number of hydrogen-bond acceptors (Lipinski definition) is 9. The Balaban J connectivity index is 1.22. The molecule has 1 aromatic heterocycles. The predicted molar refractivity (Wildman–Crippen MR) is 131 cm³/mol. The predicted octanol–water partition coefficient (Wildman–Crippen LogP) is 3.56. The summed E-state index contributed by atoms with van der Waals surface area (Å²) in [5.41, 5.74) is 0.550. The molecule has 2 amide bonds. The zero-order valence-corrected chi connectivity index (χ0v) is 20.4. The van der Waals surface area contributed by atoms with E-state index in [4.69, 9.17) is 18.6 Å². The van der Waals surface area contributed by atoms with Crippen molar-refractivity contribution < 1.29 is 28.2 Å². The van der Waals surface area contributed by atoms with Crippen molar-refractivity contribution in [1.82, 2.24) is 15.5 Å². The van der Waals surface area contributed by atoms with Crippen LogP contribution >= 0.6 is 11.8 Å². The molecule has 10 nitrogen and oxygen atoms in total. The monoisotopic (exact) mass is 510 g/mol. The Labute approximate surface area is 212 Å². The van der Waals surface area contributed by atoms with E-state index >= 15 is 0 Å². The number of carbonyl (C=O) groups is 2. The number of aromatic nitrogens is 2. The van der Waals surface area contributed by atoms with Crippen LogP contribution in [0.2, 0.25) is 0 Å². The number of ether oxygens (including phenoxy) is 3. The van der Waals surface area contributed by atoms with E-state index < -0.39 is 0 Å². The first-order chi connectivity index (χ1) is 17.6. The number of amides is 2. The van der Waals surface area contributed by atoms with Gasteiger partial charge in [0.1, 0.15) is 12.3 Å². The van der Waals surface area contributed by atoms with Crippen molar-refractivity contribution in [3.05, 3.63) is 54.4 Å². The molecule has 2 heterocycles. The van der Waals surface area contributed by atoms with Crippen molar-refractivity contribution in [2.24, 2.45) is 0 Å². The van der Waals surface area contributed by atoms with Gasteiger partial charge in [0, 0.05) is 17.8 Å². The second kappa shape index (κ2) is 11.3. The lowest BCUT2D eigenvalue weighted by Gasteiger charge is -2.23. The average molecular weight is 511 g/mol. The lowest BCUT2D eigenvalue weighted by atomic mass is 10.2. The number of para-hydroxylation sites is 1. The molecule has 1 fully saturated rings. The van der Waals surface area contributed by atoms with Crippen LogP contribution in [0.1, 0.15) is 31.6 Å². The number of nitrogens with zero attached hydrogens (tertiary/aromatic N) is 3. The highest BCUT2D eigenvalue weighted by Crippen LogP contribution is 2.35. The molecular weight excluding hydrogens is 484 g/mol. The summed E-state index contributed by atoms with van der Waals surface area (Å²) < 4.78 is 22.0. The van der Waals surface area contributed by atoms with Crippen LogP contribution in [0, 0.1) is 0 Å². The molecule has 0 radical (unpaired) electrons. The lowest BCUT2D eigenvalue weighted by Crippen LogP contribution is -2.44. The van der Waals surface area contributed by atoms with Crippen molar-refractivity contribution in [2.75, 3.05) is 24.0 Å². The van der Waals surface area contributed by atoms with E-state index in [2.05, 4.69) is 15.5 Å². The lowest BCUT2D eigenvalue weighted by molar-refractivity contribution is -0.123. The molecule has 36 heavy (non-hydrogen) atoms. The Bertz CT molecular complexity index is 1200. The van der Waals surface area contributed by atoms with Crippen molar-refractivity contribution in [3.63, 3.8) is 0 Å². The normalized spacial score (nSPS) is 14.6. The Hall–Kier alpha value is -3.73. The van der Waals surface area contributed by atoms with E-state index in [0.717, 1.165) is 37.4 Å². The fourth-order valence-corrected chi connectivity index (χ4v) is 4.74. The van der Waals surface area contributed by atoms with Gasteiger partial charge in [0.15, 0.2) is 18.1 Å². The third kappa shape index (κ3) is 6.09. The average Bonchev–Trinajstić information content (AvgIpc) is 3.67. The largest absolute Gasteiger partial charge is 0.484 e. The van der Waals surface area contributed by atoms with Gasteiger partial charge < -0.3 is 28.8 Å². The number of anilines is 1. The summed E-state index contributed by atoms with van der Waals surface area (Å²) >= 11 is 1.10. The van der Waals surface area contributed by atoms with Gasteiger partial charge in [-0.3, -0.25) is 9.59 Å². The van der Waals surface area contributed by atoms with Gasteiger partial charge in [0.05, 0.1) is 5.75 Å². The molecule has 0 saturated heterocycles. The van der Waals surface area contributed by atoms with Crippen LogP contribution in [0.15, 0.2) is 58.2 Å². The third-order valence-electron chi connectivity index (χ3n) is 5.86. The van der Waals surface area contributed by atoms with Crippen molar-refractivity contribution in [1.29, 1.82) is 0 Å². The number of fused-ring (bicyclic) bond motifs is 1. The van der Waals surface area contributed by atoms with Crippen LogP contribution in [0.4, 0.5) is 5.69 Å². The quantitative estimate of drug-likeness (QED) is 0.409. The van der Waals surface area contributed by atoms with Gasteiger partial charge in [-0.1, -0.05) is 42.8 Å². The number of hydrogen-bond donors (Lipinski definition) is 1. The molecule has 1 aliphatic carbocycles. The fourth-order valence-electron chi connectivity index (χ4n) is 4.08. The molecule has 1 aliphatic heterocycles. The van der Waals surface area contributed by atoms with Crippen LogP contribution in [-0.2, 0) is 16.2 Å². The highest BCUT2D eigenvalue weighted by molar-refractivity contribution is 7.99. The standard InChI is InChI=1S/C25H26N4O6S/c30-22(26-17-6-4-5-7-17)13-29(18-10-11-20-21(12-18)34-16-33-20)24(31)15-36-25-28-27-23(35-25)14-32-19-8-2-1-3-9-19/h1-3,8-12,17H,4-7,13-16H2,(H,26,30). The molecule has 3 aromatic rings. The highest BCUT2D eigenvalue weighted by atomic mass is 32.2. The van der Waals surface area contributed by atoms with Gasteiger partial charge in [0.25, 0.3) is 11.1 Å². The van der Waals surface area contributed by atoms with E-state index in [-0.39, 0.29) is 48.8 Å². The molecule has 0 bridgehead atoms. The van der Waals surface area contributed by atoms with Crippen molar-refractivity contribution in [2.45, 2.75) is 43.6 Å². The SMILES string of the molecule is O=C(CN(C(=O)CSc1nnc(COc2ccccc2)o1)c1ccc2c(c1)OCO2)NC1CCCC1. The van der Waals surface area contributed by atoms with Crippen LogP contribution in [-0.4, -0.2) is 47.1 Å². The Morgan fingerprint density at radius 1 is 1.06 bits per heavy atom. The summed E-state index contributed by atoms with van der Waals surface area (Å²) in [6.07, 6.45) is 4.14. The molecule has 11 heteroatoms. The number of benzene rings is 2. The summed E-state index contributed by atoms with van der Waals surface area (Å²) in [6, 6.07) is 14.6. The zero-order chi connectivity index (χ0) is 24.7. The van der Waals surface area contributed by atoms with Gasteiger partial charge in [0.2, 0.25) is 18.6 Å². The number of carbonyl (C=O) groups excluding carboxylic acids is 2. The van der Waals surface area contributed by atoms with Crippen LogP contribution < -0.4 is 24.4 Å². The smallest absolute Gasteiger partial charge is 0.277 e. The van der Waals surface area contributed by atoms with Crippen LogP contribution in [0.5, 0.6) is 17.2 Å². The maximum absolute atomic E-state index is 13.2. The second-order valence-corrected chi connectivity index (χ2v) is 9.35. The van der Waals surface area contributed by atoms with Crippen molar-refractivity contribution in [3.8, 4) is 17.2 Å². The number of rotatable bonds is 10. The highest BCUT2D eigenvalue weighted by Gasteiger charge is 2.25. The molecule has 0 unspecified atom stereocenters. The Morgan fingerprint density at radius 3 is 2.69 bits per heavy atom. The minimum Gasteiger partial charge on any atom is -0.484 e. The molecule has 1 N–H and O–H groups in total. The first kappa shape index (κ1) is 24.0. The van der Waals surface area contributed by atoms with Crippen molar-refractivity contribution >= 4 is 29.3 Å². The molecule has 2 aromatic carbocycles. The topological polar surface area (TPSA) is 116 Å².